The Hall–Kier alpha value is -3.52. The lowest BCUT2D eigenvalue weighted by Crippen LogP contribution is -2.35. The van der Waals surface area contributed by atoms with Gasteiger partial charge in [0, 0.05) is 24.2 Å². The van der Waals surface area contributed by atoms with E-state index < -0.39 is 17.7 Å². The number of carbonyl (C=O) groups excluding carboxylic acids is 2. The lowest BCUT2D eigenvalue weighted by atomic mass is 9.94. The van der Waals surface area contributed by atoms with Crippen molar-refractivity contribution >= 4 is 17.4 Å². The van der Waals surface area contributed by atoms with Crippen molar-refractivity contribution in [2.24, 2.45) is 5.92 Å². The predicted molar refractivity (Wildman–Crippen MR) is 134 cm³/mol. The van der Waals surface area contributed by atoms with Gasteiger partial charge in [0.1, 0.15) is 23.0 Å². The Bertz CT molecular complexity index is 1090. The van der Waals surface area contributed by atoms with Crippen LogP contribution in [-0.2, 0) is 9.59 Å². The summed E-state index contributed by atoms with van der Waals surface area (Å²) >= 11 is 0. The van der Waals surface area contributed by atoms with E-state index in [9.17, 15) is 14.7 Å². The summed E-state index contributed by atoms with van der Waals surface area (Å²) in [5, 5.41) is 11.3. The number of aliphatic hydroxyl groups excluding tert-OH is 1. The van der Waals surface area contributed by atoms with Crippen LogP contribution < -0.4 is 14.2 Å². The molecule has 0 aromatic heterocycles. The van der Waals surface area contributed by atoms with Crippen molar-refractivity contribution in [1.82, 2.24) is 9.80 Å². The molecule has 3 rings (SSSR count). The van der Waals surface area contributed by atoms with Gasteiger partial charge in [0.2, 0.25) is 0 Å². The molecular weight excluding hydrogens is 448 g/mol. The quantitative estimate of drug-likeness (QED) is 0.314. The number of ketones is 1. The molecule has 35 heavy (non-hydrogen) atoms. The highest BCUT2D eigenvalue weighted by atomic mass is 16.5. The fraction of sp³-hybridized carbons (Fsp3) is 0.407. The molecule has 0 saturated carbocycles. The first-order valence-corrected chi connectivity index (χ1v) is 11.6. The van der Waals surface area contributed by atoms with E-state index >= 15 is 0 Å². The van der Waals surface area contributed by atoms with Crippen LogP contribution in [0.5, 0.6) is 17.2 Å². The van der Waals surface area contributed by atoms with E-state index in [4.69, 9.17) is 14.2 Å². The Morgan fingerprint density at radius 3 is 2.26 bits per heavy atom. The van der Waals surface area contributed by atoms with E-state index in [-0.39, 0.29) is 11.3 Å². The van der Waals surface area contributed by atoms with E-state index in [0.29, 0.717) is 54.0 Å². The molecule has 2 aromatic carbocycles. The van der Waals surface area contributed by atoms with Gasteiger partial charge < -0.3 is 29.1 Å². The van der Waals surface area contributed by atoms with Crippen molar-refractivity contribution in [2.45, 2.75) is 19.9 Å². The fourth-order valence-electron chi connectivity index (χ4n) is 3.92. The van der Waals surface area contributed by atoms with Gasteiger partial charge >= 0.3 is 0 Å². The lowest BCUT2D eigenvalue weighted by molar-refractivity contribution is -0.140. The molecule has 1 aliphatic heterocycles. The second-order valence-corrected chi connectivity index (χ2v) is 9.13. The summed E-state index contributed by atoms with van der Waals surface area (Å²) < 4.78 is 16.7. The molecule has 1 aliphatic rings. The van der Waals surface area contributed by atoms with Gasteiger partial charge in [-0.25, -0.2) is 0 Å². The van der Waals surface area contributed by atoms with E-state index in [1.165, 1.54) is 19.1 Å². The number of aliphatic hydroxyl groups is 1. The molecule has 8 nitrogen and oxygen atoms in total. The highest BCUT2D eigenvalue weighted by molar-refractivity contribution is 6.46. The van der Waals surface area contributed by atoms with Crippen LogP contribution in [0, 0.1) is 5.92 Å². The third kappa shape index (κ3) is 5.77. The number of Topliss-reactive ketones (excluding diaryl/α,β-unsaturated/α-hetero) is 1. The first-order valence-electron chi connectivity index (χ1n) is 11.6. The number of ether oxygens (including phenoxy) is 3. The fourth-order valence-corrected chi connectivity index (χ4v) is 3.92. The molecule has 1 heterocycles. The van der Waals surface area contributed by atoms with Crippen molar-refractivity contribution in [3.05, 3.63) is 59.2 Å². The Kier molecular flexibility index (Phi) is 8.40. The summed E-state index contributed by atoms with van der Waals surface area (Å²) in [6.45, 7) is 5.52. The SMILES string of the molecule is COc1ccc(OC)c(C2C(=C(O)c3ccc(OCC(C)C)cc3)C(=O)C(=O)N2CCN(C)C)c1. The molecule has 0 bridgehead atoms. The van der Waals surface area contributed by atoms with Gasteiger partial charge in [-0.05, 0) is 62.5 Å². The summed E-state index contributed by atoms with van der Waals surface area (Å²) in [5.41, 5.74) is 0.985. The average molecular weight is 483 g/mol. The molecule has 8 heteroatoms. The van der Waals surface area contributed by atoms with Crippen LogP contribution in [0.15, 0.2) is 48.0 Å². The van der Waals surface area contributed by atoms with Crippen LogP contribution in [0.3, 0.4) is 0 Å². The maximum Gasteiger partial charge on any atom is 0.295 e. The van der Waals surface area contributed by atoms with E-state index in [0.717, 1.165) is 0 Å². The van der Waals surface area contributed by atoms with Crippen LogP contribution in [0.2, 0.25) is 0 Å². The standard InChI is InChI=1S/C27H34N2O6/c1-17(2)16-35-19-9-7-18(8-10-19)25(30)23-24(21-15-20(33-5)11-12-22(21)34-6)29(14-13-28(3)4)27(32)26(23)31/h7-12,15,17,24,30H,13-14,16H2,1-6H3. The molecule has 2 aromatic rings. The normalized spacial score (nSPS) is 17.4. The zero-order chi connectivity index (χ0) is 25.7. The number of rotatable bonds is 10. The molecule has 188 valence electrons. The molecule has 1 saturated heterocycles. The third-order valence-electron chi connectivity index (χ3n) is 5.77. The highest BCUT2D eigenvalue weighted by Crippen LogP contribution is 2.43. The van der Waals surface area contributed by atoms with E-state index in [1.807, 2.05) is 19.0 Å². The molecule has 1 atom stereocenters. The molecule has 1 unspecified atom stereocenters. The molecule has 0 aliphatic carbocycles. The molecule has 1 N–H and O–H groups in total. The highest BCUT2D eigenvalue weighted by Gasteiger charge is 2.47. The first-order chi connectivity index (χ1) is 16.7. The first kappa shape index (κ1) is 26.1. The number of likely N-dealkylation sites (N-methyl/N-ethyl adjacent to an activating group) is 1. The Balaban J connectivity index is 2.12. The van der Waals surface area contributed by atoms with Gasteiger partial charge in [-0.15, -0.1) is 0 Å². The largest absolute Gasteiger partial charge is 0.507 e. The van der Waals surface area contributed by atoms with Crippen LogP contribution in [0.25, 0.3) is 5.76 Å². The van der Waals surface area contributed by atoms with E-state index in [2.05, 4.69) is 13.8 Å². The number of methoxy groups -OCH3 is 2. The van der Waals surface area contributed by atoms with Crippen LogP contribution in [-0.4, -0.2) is 74.6 Å². The predicted octanol–water partition coefficient (Wildman–Crippen LogP) is 3.72. The zero-order valence-electron chi connectivity index (χ0n) is 21.2. The maximum atomic E-state index is 13.2. The second-order valence-electron chi connectivity index (χ2n) is 9.13. The number of hydrogen-bond donors (Lipinski definition) is 1. The monoisotopic (exact) mass is 482 g/mol. The molecule has 1 fully saturated rings. The lowest BCUT2D eigenvalue weighted by Gasteiger charge is -2.28. The number of likely N-dealkylation sites (tertiary alicyclic amines) is 1. The topological polar surface area (TPSA) is 88.5 Å². The van der Waals surface area contributed by atoms with Gasteiger partial charge in [0.15, 0.2) is 0 Å². The van der Waals surface area contributed by atoms with E-state index in [1.54, 1.807) is 42.5 Å². The minimum Gasteiger partial charge on any atom is -0.507 e. The van der Waals surface area contributed by atoms with Gasteiger partial charge in [-0.3, -0.25) is 9.59 Å². The summed E-state index contributed by atoms with van der Waals surface area (Å²) in [7, 11) is 6.84. The van der Waals surface area contributed by atoms with Crippen molar-refractivity contribution in [2.75, 3.05) is 48.0 Å². The van der Waals surface area contributed by atoms with Crippen LogP contribution >= 0.6 is 0 Å². The molecule has 1 amide bonds. The zero-order valence-corrected chi connectivity index (χ0v) is 21.2. The number of amides is 1. The summed E-state index contributed by atoms with van der Waals surface area (Å²) in [6, 6.07) is 11.2. The second kappa shape index (κ2) is 11.3. The number of carbonyl (C=O) groups is 2. The average Bonchev–Trinajstić information content (AvgIpc) is 3.10. The molecule has 0 spiro atoms. The van der Waals surface area contributed by atoms with Crippen molar-refractivity contribution in [1.29, 1.82) is 0 Å². The Morgan fingerprint density at radius 1 is 1.03 bits per heavy atom. The van der Waals surface area contributed by atoms with Gasteiger partial charge in [0.05, 0.1) is 32.4 Å². The summed E-state index contributed by atoms with van der Waals surface area (Å²) in [5.74, 6) is 0.408. The summed E-state index contributed by atoms with van der Waals surface area (Å²) in [6.07, 6.45) is 0. The Morgan fingerprint density at radius 2 is 1.69 bits per heavy atom. The van der Waals surface area contributed by atoms with Gasteiger partial charge in [-0.2, -0.15) is 0 Å². The van der Waals surface area contributed by atoms with Crippen LogP contribution in [0.4, 0.5) is 0 Å². The minimum atomic E-state index is -0.836. The molecular formula is C27H34N2O6. The smallest absolute Gasteiger partial charge is 0.295 e. The van der Waals surface area contributed by atoms with Gasteiger partial charge in [-0.1, -0.05) is 13.8 Å². The van der Waals surface area contributed by atoms with Crippen LogP contribution in [0.1, 0.15) is 31.0 Å². The molecule has 0 radical (unpaired) electrons. The van der Waals surface area contributed by atoms with Gasteiger partial charge in [0.25, 0.3) is 11.7 Å². The van der Waals surface area contributed by atoms with Crippen molar-refractivity contribution in [3.63, 3.8) is 0 Å². The summed E-state index contributed by atoms with van der Waals surface area (Å²) in [4.78, 5) is 29.8. The Labute approximate surface area is 206 Å². The number of hydrogen-bond acceptors (Lipinski definition) is 7. The third-order valence-corrected chi connectivity index (χ3v) is 5.77. The van der Waals surface area contributed by atoms with Crippen molar-refractivity contribution in [3.8, 4) is 17.2 Å². The number of nitrogens with zero attached hydrogens (tertiary/aromatic N) is 2. The van der Waals surface area contributed by atoms with Crippen molar-refractivity contribution < 1.29 is 28.9 Å². The number of benzene rings is 2. The maximum absolute atomic E-state index is 13.2. The minimum absolute atomic E-state index is 0.0103.